The Bertz CT molecular complexity index is 1590. The summed E-state index contributed by atoms with van der Waals surface area (Å²) < 4.78 is 7.07. The average molecular weight is 595 g/mol. The molecule has 2 N–H and O–H groups in total. The summed E-state index contributed by atoms with van der Waals surface area (Å²) in [4.78, 5) is 18.9. The number of amides is 1. The maximum absolute atomic E-state index is 12.1. The third kappa shape index (κ3) is 5.20. The van der Waals surface area contributed by atoms with E-state index in [4.69, 9.17) is 40.2 Å². The minimum Gasteiger partial charge on any atom is -0.375 e. The fourth-order valence-electron chi connectivity index (χ4n) is 5.33. The van der Waals surface area contributed by atoms with E-state index in [1.165, 1.54) is 7.11 Å². The van der Waals surface area contributed by atoms with Crippen molar-refractivity contribution < 1.29 is 9.53 Å². The van der Waals surface area contributed by atoms with Gasteiger partial charge < -0.3 is 24.8 Å². The van der Waals surface area contributed by atoms with E-state index in [2.05, 4.69) is 45.0 Å². The molecule has 0 spiro atoms. The van der Waals surface area contributed by atoms with E-state index >= 15 is 0 Å². The molecule has 0 unspecified atom stereocenters. The van der Waals surface area contributed by atoms with Crippen molar-refractivity contribution in [3.8, 4) is 5.69 Å². The molecule has 7 nitrogen and oxygen atoms in total. The molecule has 1 aliphatic rings. The predicted molar refractivity (Wildman–Crippen MR) is 165 cm³/mol. The van der Waals surface area contributed by atoms with Gasteiger partial charge in [-0.2, -0.15) is 0 Å². The lowest BCUT2D eigenvalue weighted by molar-refractivity contribution is -0.119. The Morgan fingerprint density at radius 3 is 2.60 bits per heavy atom. The number of anilines is 2. The van der Waals surface area contributed by atoms with E-state index in [1.54, 1.807) is 12.3 Å². The molecule has 4 aromatic rings. The minimum absolute atomic E-state index is 0.0125. The first-order valence-electron chi connectivity index (χ1n) is 12.7. The van der Waals surface area contributed by atoms with Gasteiger partial charge in [0.1, 0.15) is 6.61 Å². The average Bonchev–Trinajstić information content (AvgIpc) is 3.42. The zero-order valence-electron chi connectivity index (χ0n) is 22.5. The Kier molecular flexibility index (Phi) is 8.14. The third-order valence-electron chi connectivity index (χ3n) is 7.10. The third-order valence-corrected chi connectivity index (χ3v) is 8.22. The highest BCUT2D eigenvalue weighted by atomic mass is 35.5. The molecule has 2 atom stereocenters. The lowest BCUT2D eigenvalue weighted by Crippen LogP contribution is -2.29. The number of carbonyl (C=O) groups is 1. The van der Waals surface area contributed by atoms with Gasteiger partial charge in [-0.3, -0.25) is 9.78 Å². The number of methoxy groups -OCH3 is 1. The predicted octanol–water partition coefficient (Wildman–Crippen LogP) is 6.87. The number of benzene rings is 2. The van der Waals surface area contributed by atoms with Gasteiger partial charge in [0, 0.05) is 36.1 Å². The van der Waals surface area contributed by atoms with Crippen LogP contribution in [-0.2, 0) is 9.53 Å². The summed E-state index contributed by atoms with van der Waals surface area (Å²) in [7, 11) is 1.49. The van der Waals surface area contributed by atoms with Gasteiger partial charge >= 0.3 is 0 Å². The van der Waals surface area contributed by atoms with E-state index in [0.717, 1.165) is 45.3 Å². The van der Waals surface area contributed by atoms with E-state index in [0.29, 0.717) is 15.2 Å². The Labute approximate surface area is 249 Å². The number of carbonyl (C=O) groups excluding carboxylic acids is 1. The summed E-state index contributed by atoms with van der Waals surface area (Å²) in [6.07, 6.45) is 1.79. The molecule has 0 saturated carbocycles. The maximum atomic E-state index is 12.1. The molecule has 0 bridgehead atoms. The first-order chi connectivity index (χ1) is 19.2. The van der Waals surface area contributed by atoms with Crippen LogP contribution in [0.3, 0.4) is 0 Å². The van der Waals surface area contributed by atoms with Crippen molar-refractivity contribution in [2.45, 2.75) is 32.9 Å². The zero-order chi connectivity index (χ0) is 28.6. The molecular weight excluding hydrogens is 565 g/mol. The minimum atomic E-state index is -0.214. The van der Waals surface area contributed by atoms with Gasteiger partial charge in [-0.25, -0.2) is 0 Å². The molecule has 10 heteroatoms. The molecule has 1 amide bonds. The molecule has 2 aromatic heterocycles. The molecule has 3 heterocycles. The number of aromatic nitrogens is 2. The van der Waals surface area contributed by atoms with Crippen LogP contribution in [0.1, 0.15) is 40.3 Å². The summed E-state index contributed by atoms with van der Waals surface area (Å²) >= 11 is 19.0. The number of hydrogen-bond donors (Lipinski definition) is 2. The van der Waals surface area contributed by atoms with Crippen LogP contribution in [0, 0.1) is 20.8 Å². The second-order valence-electron chi connectivity index (χ2n) is 9.71. The SMILES string of the molecule is COCC(=O)Nc1ccc(N2C(=S)N[C@H](c3ccccn3)[C@@H]2c2cc(C)n(-c3cccc(Cl)c3Cl)c2C)cc1C. The first kappa shape index (κ1) is 28.1. The summed E-state index contributed by atoms with van der Waals surface area (Å²) in [5.74, 6) is -0.211. The van der Waals surface area contributed by atoms with Gasteiger partial charge in [0.2, 0.25) is 5.91 Å². The van der Waals surface area contributed by atoms with Gasteiger partial charge in [0.15, 0.2) is 5.11 Å². The number of ether oxygens (including phenoxy) is 1. The number of halogens is 2. The first-order valence-corrected chi connectivity index (χ1v) is 13.9. The molecule has 5 rings (SSSR count). The summed E-state index contributed by atoms with van der Waals surface area (Å²) in [6, 6.07) is 19.1. The molecule has 1 aliphatic heterocycles. The Balaban J connectivity index is 1.63. The van der Waals surface area contributed by atoms with Crippen LogP contribution < -0.4 is 15.5 Å². The smallest absolute Gasteiger partial charge is 0.250 e. The van der Waals surface area contributed by atoms with Crippen molar-refractivity contribution in [2.24, 2.45) is 0 Å². The van der Waals surface area contributed by atoms with Crippen LogP contribution in [-0.4, -0.2) is 34.3 Å². The molecule has 0 aliphatic carbocycles. The van der Waals surface area contributed by atoms with Crippen molar-refractivity contribution in [3.05, 3.63) is 105 Å². The van der Waals surface area contributed by atoms with Crippen LogP contribution in [0.4, 0.5) is 11.4 Å². The van der Waals surface area contributed by atoms with Crippen LogP contribution in [0.2, 0.25) is 10.0 Å². The van der Waals surface area contributed by atoms with Gasteiger partial charge in [0.25, 0.3) is 0 Å². The van der Waals surface area contributed by atoms with Crippen LogP contribution in [0.15, 0.2) is 66.9 Å². The maximum Gasteiger partial charge on any atom is 0.250 e. The summed E-state index contributed by atoms with van der Waals surface area (Å²) in [6.45, 7) is 6.07. The molecule has 1 fully saturated rings. The quantitative estimate of drug-likeness (QED) is 0.228. The highest BCUT2D eigenvalue weighted by molar-refractivity contribution is 7.80. The second kappa shape index (κ2) is 11.6. The van der Waals surface area contributed by atoms with E-state index < -0.39 is 0 Å². The molecular formula is C30H29Cl2N5O2S. The largest absolute Gasteiger partial charge is 0.375 e. The van der Waals surface area contributed by atoms with E-state index in [-0.39, 0.29) is 24.6 Å². The van der Waals surface area contributed by atoms with Gasteiger partial charge in [-0.1, -0.05) is 35.3 Å². The van der Waals surface area contributed by atoms with Crippen molar-refractivity contribution in [3.63, 3.8) is 0 Å². The van der Waals surface area contributed by atoms with E-state index in [9.17, 15) is 4.79 Å². The number of thiocarbonyl (C=S) groups is 1. The highest BCUT2D eigenvalue weighted by Crippen LogP contribution is 2.45. The zero-order valence-corrected chi connectivity index (χ0v) is 24.9. The monoisotopic (exact) mass is 593 g/mol. The molecule has 206 valence electrons. The van der Waals surface area contributed by atoms with Crippen molar-refractivity contribution >= 4 is 57.8 Å². The lowest BCUT2D eigenvalue weighted by Gasteiger charge is -2.29. The number of aryl methyl sites for hydroxylation is 2. The lowest BCUT2D eigenvalue weighted by atomic mass is 9.96. The fourth-order valence-corrected chi connectivity index (χ4v) is 6.05. The highest BCUT2D eigenvalue weighted by Gasteiger charge is 2.42. The number of pyridine rings is 1. The number of nitrogens with zero attached hydrogens (tertiary/aromatic N) is 3. The molecule has 40 heavy (non-hydrogen) atoms. The topological polar surface area (TPSA) is 71.4 Å². The standard InChI is InChI=1S/C30H29Cl2N5O2S/c1-17-14-20(11-12-23(17)34-26(38)16-39-4)37-29(28(35-30(37)40)24-9-5-6-13-33-24)21-15-18(2)36(19(21)3)25-10-7-8-22(31)27(25)32/h5-15,28-29H,16H2,1-4H3,(H,34,38)(H,35,40)/t28-,29+/m1/s1. The van der Waals surface area contributed by atoms with Crippen LogP contribution >= 0.6 is 35.4 Å². The molecule has 0 radical (unpaired) electrons. The van der Waals surface area contributed by atoms with Crippen molar-refractivity contribution in [1.29, 1.82) is 0 Å². The summed E-state index contributed by atoms with van der Waals surface area (Å²) in [5, 5.41) is 8.00. The van der Waals surface area contributed by atoms with Crippen LogP contribution in [0.5, 0.6) is 0 Å². The van der Waals surface area contributed by atoms with Gasteiger partial charge in [-0.15, -0.1) is 0 Å². The number of hydrogen-bond acceptors (Lipinski definition) is 4. The Morgan fingerprint density at radius 1 is 1.10 bits per heavy atom. The Morgan fingerprint density at radius 2 is 1.90 bits per heavy atom. The van der Waals surface area contributed by atoms with Crippen LogP contribution in [0.25, 0.3) is 5.69 Å². The number of nitrogens with one attached hydrogen (secondary N) is 2. The van der Waals surface area contributed by atoms with Gasteiger partial charge in [0.05, 0.1) is 33.5 Å². The molecule has 2 aromatic carbocycles. The van der Waals surface area contributed by atoms with Crippen molar-refractivity contribution in [2.75, 3.05) is 23.9 Å². The normalized spacial score (nSPS) is 16.8. The Hall–Kier alpha value is -3.43. The fraction of sp³-hybridized carbons (Fsp3) is 0.233. The van der Waals surface area contributed by atoms with E-state index in [1.807, 2.05) is 55.5 Å². The van der Waals surface area contributed by atoms with Gasteiger partial charge in [-0.05, 0) is 92.6 Å². The summed E-state index contributed by atoms with van der Waals surface area (Å²) in [5.41, 5.74) is 7.32. The van der Waals surface area contributed by atoms with Crippen molar-refractivity contribution in [1.82, 2.24) is 14.9 Å². The molecule has 1 saturated heterocycles. The number of rotatable bonds is 7. The second-order valence-corrected chi connectivity index (χ2v) is 10.9.